The van der Waals surface area contributed by atoms with Crippen molar-refractivity contribution < 1.29 is 9.53 Å². The van der Waals surface area contributed by atoms with E-state index in [9.17, 15) is 4.79 Å². The number of nitrogens with one attached hydrogen (secondary N) is 1. The summed E-state index contributed by atoms with van der Waals surface area (Å²) < 4.78 is 5.48. The van der Waals surface area contributed by atoms with E-state index in [2.05, 4.69) is 25.1 Å². The minimum absolute atomic E-state index is 0.00852. The molecule has 3 nitrogen and oxygen atoms in total. The second-order valence-electron chi connectivity index (χ2n) is 3.96. The Balaban J connectivity index is 2.57. The van der Waals surface area contributed by atoms with Crippen LogP contribution in [0.4, 0.5) is 0 Å². The van der Waals surface area contributed by atoms with Gasteiger partial charge in [-0.3, -0.25) is 4.79 Å². The molecular weight excluding hydrogens is 214 g/mol. The lowest BCUT2D eigenvalue weighted by atomic mass is 10.0. The van der Waals surface area contributed by atoms with Crippen molar-refractivity contribution in [3.05, 3.63) is 29.8 Å². The topological polar surface area (TPSA) is 38.3 Å². The highest BCUT2D eigenvalue weighted by atomic mass is 16.5. The summed E-state index contributed by atoms with van der Waals surface area (Å²) >= 11 is 0. The second-order valence-corrected chi connectivity index (χ2v) is 3.96. The molecule has 0 aliphatic rings. The predicted molar refractivity (Wildman–Crippen MR) is 67.9 cm³/mol. The largest absolute Gasteiger partial charge is 0.483 e. The van der Waals surface area contributed by atoms with E-state index >= 15 is 0 Å². The molecule has 0 bridgehead atoms. The molecule has 90 valence electrons. The molecule has 0 fully saturated rings. The fourth-order valence-corrected chi connectivity index (χ4v) is 1.43. The molecule has 0 aliphatic heterocycles. The number of amides is 1. The minimum atomic E-state index is -0.207. The molecule has 0 heterocycles. The molecule has 0 aliphatic carbocycles. The normalized spacial score (nSPS) is 9.76. The van der Waals surface area contributed by atoms with Gasteiger partial charge in [-0.1, -0.05) is 38.0 Å². The molecule has 0 aromatic heterocycles. The van der Waals surface area contributed by atoms with Crippen LogP contribution >= 0.6 is 0 Å². The summed E-state index contributed by atoms with van der Waals surface area (Å²) in [6.45, 7) is 4.39. The Hall–Kier alpha value is -1.95. The van der Waals surface area contributed by atoms with E-state index in [1.807, 2.05) is 24.3 Å². The standard InChI is InChI=1S/C14H17NO2/c1-4-9-15-14(16)10-17-13-8-6-5-7-12(13)11(2)3/h1,5-8,11H,9-10H2,2-3H3,(H,15,16). The van der Waals surface area contributed by atoms with Crippen LogP contribution in [0, 0.1) is 12.3 Å². The fraction of sp³-hybridized carbons (Fsp3) is 0.357. The van der Waals surface area contributed by atoms with Gasteiger partial charge in [0, 0.05) is 0 Å². The van der Waals surface area contributed by atoms with E-state index in [4.69, 9.17) is 11.2 Å². The van der Waals surface area contributed by atoms with E-state index < -0.39 is 0 Å². The lowest BCUT2D eigenvalue weighted by Crippen LogP contribution is -2.29. The second kappa shape index (κ2) is 6.59. The van der Waals surface area contributed by atoms with Gasteiger partial charge in [0.2, 0.25) is 0 Å². The van der Waals surface area contributed by atoms with E-state index in [0.717, 1.165) is 11.3 Å². The number of rotatable bonds is 5. The van der Waals surface area contributed by atoms with Crippen LogP contribution in [0.15, 0.2) is 24.3 Å². The molecule has 1 aromatic rings. The van der Waals surface area contributed by atoms with E-state index in [1.54, 1.807) is 0 Å². The molecule has 0 atom stereocenters. The van der Waals surface area contributed by atoms with E-state index in [-0.39, 0.29) is 19.1 Å². The summed E-state index contributed by atoms with van der Waals surface area (Å²) in [6.07, 6.45) is 5.04. The number of carbonyl (C=O) groups is 1. The first-order valence-electron chi connectivity index (χ1n) is 5.57. The van der Waals surface area contributed by atoms with Crippen LogP contribution in [0.1, 0.15) is 25.3 Å². The van der Waals surface area contributed by atoms with Crippen molar-refractivity contribution in [3.63, 3.8) is 0 Å². The number of hydrogen-bond acceptors (Lipinski definition) is 2. The average molecular weight is 231 g/mol. The van der Waals surface area contributed by atoms with Crippen molar-refractivity contribution in [2.75, 3.05) is 13.2 Å². The highest BCUT2D eigenvalue weighted by molar-refractivity contribution is 5.77. The van der Waals surface area contributed by atoms with Crippen LogP contribution < -0.4 is 10.1 Å². The van der Waals surface area contributed by atoms with Crippen LogP contribution in [0.25, 0.3) is 0 Å². The zero-order chi connectivity index (χ0) is 12.7. The van der Waals surface area contributed by atoms with Crippen molar-refractivity contribution >= 4 is 5.91 Å². The summed E-state index contributed by atoms with van der Waals surface area (Å²) in [7, 11) is 0. The Morgan fingerprint density at radius 2 is 2.18 bits per heavy atom. The third kappa shape index (κ3) is 4.20. The first kappa shape index (κ1) is 13.1. The summed E-state index contributed by atoms with van der Waals surface area (Å²) in [5, 5.41) is 2.55. The number of terminal acetylenes is 1. The van der Waals surface area contributed by atoms with Crippen LogP contribution in [-0.2, 0) is 4.79 Å². The zero-order valence-corrected chi connectivity index (χ0v) is 10.2. The predicted octanol–water partition coefficient (Wildman–Crippen LogP) is 1.94. The number of benzene rings is 1. The van der Waals surface area contributed by atoms with Gasteiger partial charge in [-0.15, -0.1) is 6.42 Å². The number of ether oxygens (including phenoxy) is 1. The van der Waals surface area contributed by atoms with Crippen LogP contribution in [-0.4, -0.2) is 19.1 Å². The third-order valence-corrected chi connectivity index (χ3v) is 2.29. The molecule has 1 rings (SSSR count). The van der Waals surface area contributed by atoms with Gasteiger partial charge in [0.1, 0.15) is 5.75 Å². The number of carbonyl (C=O) groups excluding carboxylic acids is 1. The Bertz CT molecular complexity index is 418. The zero-order valence-electron chi connectivity index (χ0n) is 10.2. The SMILES string of the molecule is C#CCNC(=O)COc1ccccc1C(C)C. The van der Waals surface area contributed by atoms with Gasteiger partial charge in [0.05, 0.1) is 6.54 Å². The molecule has 17 heavy (non-hydrogen) atoms. The molecule has 1 N–H and O–H groups in total. The first-order chi connectivity index (χ1) is 8.15. The van der Waals surface area contributed by atoms with Gasteiger partial charge < -0.3 is 10.1 Å². The highest BCUT2D eigenvalue weighted by Gasteiger charge is 2.08. The smallest absolute Gasteiger partial charge is 0.258 e. The fourth-order valence-electron chi connectivity index (χ4n) is 1.43. The van der Waals surface area contributed by atoms with Gasteiger partial charge in [0.25, 0.3) is 5.91 Å². The van der Waals surface area contributed by atoms with Gasteiger partial charge in [-0.05, 0) is 17.5 Å². The van der Waals surface area contributed by atoms with Gasteiger partial charge in [-0.25, -0.2) is 0 Å². The molecule has 0 unspecified atom stereocenters. The van der Waals surface area contributed by atoms with E-state index in [0.29, 0.717) is 5.92 Å². The van der Waals surface area contributed by atoms with Crippen molar-refractivity contribution in [2.45, 2.75) is 19.8 Å². The maximum Gasteiger partial charge on any atom is 0.258 e. The van der Waals surface area contributed by atoms with Gasteiger partial charge in [0.15, 0.2) is 6.61 Å². The van der Waals surface area contributed by atoms with Crippen molar-refractivity contribution in [3.8, 4) is 18.1 Å². The van der Waals surface area contributed by atoms with Crippen LogP contribution in [0.5, 0.6) is 5.75 Å². The van der Waals surface area contributed by atoms with Crippen LogP contribution in [0.3, 0.4) is 0 Å². The van der Waals surface area contributed by atoms with Gasteiger partial charge >= 0.3 is 0 Å². The van der Waals surface area contributed by atoms with Gasteiger partial charge in [-0.2, -0.15) is 0 Å². The first-order valence-corrected chi connectivity index (χ1v) is 5.57. The molecule has 1 amide bonds. The molecule has 0 saturated heterocycles. The summed E-state index contributed by atoms with van der Waals surface area (Å²) in [4.78, 5) is 11.3. The highest BCUT2D eigenvalue weighted by Crippen LogP contribution is 2.25. The minimum Gasteiger partial charge on any atom is -0.483 e. The molecule has 1 aromatic carbocycles. The summed E-state index contributed by atoms with van der Waals surface area (Å²) in [5.74, 6) is 3.24. The molecule has 0 saturated carbocycles. The lowest BCUT2D eigenvalue weighted by molar-refractivity contribution is -0.122. The van der Waals surface area contributed by atoms with Crippen molar-refractivity contribution in [1.29, 1.82) is 0 Å². The molecule has 0 radical (unpaired) electrons. The number of para-hydroxylation sites is 1. The number of hydrogen-bond donors (Lipinski definition) is 1. The Morgan fingerprint density at radius 1 is 1.47 bits per heavy atom. The molecular formula is C14H17NO2. The Kier molecular flexibility index (Phi) is 5.09. The maximum absolute atomic E-state index is 11.3. The third-order valence-electron chi connectivity index (χ3n) is 2.29. The quantitative estimate of drug-likeness (QED) is 0.786. The molecule has 0 spiro atoms. The Labute approximate surface area is 102 Å². The lowest BCUT2D eigenvalue weighted by Gasteiger charge is -2.13. The van der Waals surface area contributed by atoms with Crippen LogP contribution in [0.2, 0.25) is 0 Å². The summed E-state index contributed by atoms with van der Waals surface area (Å²) in [5.41, 5.74) is 1.09. The van der Waals surface area contributed by atoms with E-state index in [1.165, 1.54) is 0 Å². The summed E-state index contributed by atoms with van der Waals surface area (Å²) in [6, 6.07) is 7.71. The Morgan fingerprint density at radius 3 is 2.82 bits per heavy atom. The molecule has 3 heteroatoms. The average Bonchev–Trinajstić information content (AvgIpc) is 2.34. The maximum atomic E-state index is 11.3. The van der Waals surface area contributed by atoms with Crippen molar-refractivity contribution in [1.82, 2.24) is 5.32 Å². The monoisotopic (exact) mass is 231 g/mol. The van der Waals surface area contributed by atoms with Crippen molar-refractivity contribution in [2.24, 2.45) is 0 Å².